The molecule has 3 aromatic carbocycles. The molecule has 0 saturated heterocycles. The van der Waals surface area contributed by atoms with Crippen LogP contribution in [0.5, 0.6) is 0 Å². The smallest absolute Gasteiger partial charge is 0.251 e. The molecule has 34 heavy (non-hydrogen) atoms. The Morgan fingerprint density at radius 3 is 2.41 bits per heavy atom. The molecule has 0 bridgehead atoms. The summed E-state index contributed by atoms with van der Waals surface area (Å²) in [5.41, 5.74) is 4.22. The van der Waals surface area contributed by atoms with Gasteiger partial charge in [0, 0.05) is 42.2 Å². The van der Waals surface area contributed by atoms with Crippen LogP contribution in [0.1, 0.15) is 22.8 Å². The number of anilines is 3. The number of amides is 2. The maximum absolute atomic E-state index is 13.0. The number of aromatic nitrogens is 2. The molecule has 170 valence electrons. The lowest BCUT2D eigenvalue weighted by atomic mass is 10.1. The van der Waals surface area contributed by atoms with Crippen molar-refractivity contribution < 1.29 is 14.0 Å². The topological polar surface area (TPSA) is 96.0 Å². The van der Waals surface area contributed by atoms with Crippen LogP contribution in [-0.4, -0.2) is 21.8 Å². The molecule has 0 atom stereocenters. The molecular weight excluding hydrogens is 433 g/mol. The molecule has 0 spiro atoms. The molecule has 0 unspecified atom stereocenters. The highest BCUT2D eigenvalue weighted by Crippen LogP contribution is 2.22. The third-order valence-electron chi connectivity index (χ3n) is 4.90. The Morgan fingerprint density at radius 1 is 0.912 bits per heavy atom. The summed E-state index contributed by atoms with van der Waals surface area (Å²) in [7, 11) is 0. The Morgan fingerprint density at radius 2 is 1.68 bits per heavy atom. The molecule has 3 N–H and O–H groups in total. The molecule has 0 aliphatic heterocycles. The van der Waals surface area contributed by atoms with Gasteiger partial charge in [-0.05, 0) is 54.1 Å². The number of halogens is 1. The van der Waals surface area contributed by atoms with Crippen molar-refractivity contribution in [1.29, 1.82) is 0 Å². The molecule has 7 nitrogen and oxygen atoms in total. The molecule has 0 aliphatic carbocycles. The van der Waals surface area contributed by atoms with Gasteiger partial charge < -0.3 is 16.0 Å². The average molecular weight is 455 g/mol. The highest BCUT2D eigenvalue weighted by molar-refractivity contribution is 5.95. The summed E-state index contributed by atoms with van der Waals surface area (Å²) in [5.74, 6) is -0.316. The Kier molecular flexibility index (Phi) is 6.88. The van der Waals surface area contributed by atoms with Crippen molar-refractivity contribution >= 4 is 29.1 Å². The molecule has 8 heteroatoms. The van der Waals surface area contributed by atoms with Gasteiger partial charge in [0.1, 0.15) is 5.82 Å². The quantitative estimate of drug-likeness (QED) is 0.368. The molecule has 4 aromatic rings. The third kappa shape index (κ3) is 6.01. The number of rotatable bonds is 7. The lowest BCUT2D eigenvalue weighted by Crippen LogP contribution is -2.22. The normalized spacial score (nSPS) is 10.4. The highest BCUT2D eigenvalue weighted by atomic mass is 19.1. The van der Waals surface area contributed by atoms with Crippen LogP contribution in [0.2, 0.25) is 0 Å². The van der Waals surface area contributed by atoms with Gasteiger partial charge in [-0.3, -0.25) is 9.59 Å². The van der Waals surface area contributed by atoms with E-state index in [9.17, 15) is 14.0 Å². The first kappa shape index (κ1) is 22.6. The minimum atomic E-state index is -0.317. The molecular formula is C26H22FN5O2. The average Bonchev–Trinajstić information content (AvgIpc) is 2.84. The third-order valence-corrected chi connectivity index (χ3v) is 4.90. The Hall–Kier alpha value is -4.59. The van der Waals surface area contributed by atoms with Gasteiger partial charge in [-0.1, -0.05) is 30.3 Å². The summed E-state index contributed by atoms with van der Waals surface area (Å²) in [6, 6.07) is 22.1. The predicted octanol–water partition coefficient (Wildman–Crippen LogP) is 4.91. The monoisotopic (exact) mass is 455 g/mol. The van der Waals surface area contributed by atoms with Gasteiger partial charge >= 0.3 is 0 Å². The first-order valence-electron chi connectivity index (χ1n) is 10.6. The molecule has 0 aliphatic rings. The van der Waals surface area contributed by atoms with E-state index in [1.165, 1.54) is 19.1 Å². The lowest BCUT2D eigenvalue weighted by molar-refractivity contribution is -0.114. The van der Waals surface area contributed by atoms with Crippen LogP contribution in [0.25, 0.3) is 11.3 Å². The Labute approximate surface area is 196 Å². The Balaban J connectivity index is 1.43. The summed E-state index contributed by atoms with van der Waals surface area (Å²) < 4.78 is 13.0. The van der Waals surface area contributed by atoms with Gasteiger partial charge in [-0.25, -0.2) is 14.4 Å². The maximum Gasteiger partial charge on any atom is 0.251 e. The number of carbonyl (C=O) groups is 2. The van der Waals surface area contributed by atoms with Crippen molar-refractivity contribution in [2.24, 2.45) is 0 Å². The largest absolute Gasteiger partial charge is 0.348 e. The maximum atomic E-state index is 13.0. The molecule has 0 fully saturated rings. The summed E-state index contributed by atoms with van der Waals surface area (Å²) in [5, 5.41) is 8.68. The predicted molar refractivity (Wildman–Crippen MR) is 129 cm³/mol. The van der Waals surface area contributed by atoms with Gasteiger partial charge in [0.05, 0.1) is 5.69 Å². The summed E-state index contributed by atoms with van der Waals surface area (Å²) in [6.45, 7) is 1.75. The number of nitrogens with one attached hydrogen (secondary N) is 3. The zero-order valence-electron chi connectivity index (χ0n) is 18.4. The molecule has 1 aromatic heterocycles. The molecule has 0 radical (unpaired) electrons. The van der Waals surface area contributed by atoms with Gasteiger partial charge in [0.15, 0.2) is 0 Å². The van der Waals surface area contributed by atoms with E-state index >= 15 is 0 Å². The fraction of sp³-hybridized carbons (Fsp3) is 0.0769. The van der Waals surface area contributed by atoms with E-state index in [-0.39, 0.29) is 17.6 Å². The van der Waals surface area contributed by atoms with Gasteiger partial charge in [0.2, 0.25) is 11.9 Å². The van der Waals surface area contributed by atoms with Crippen molar-refractivity contribution in [3.8, 4) is 11.3 Å². The fourth-order valence-electron chi connectivity index (χ4n) is 3.26. The second-order valence-electron chi connectivity index (χ2n) is 7.54. The minimum Gasteiger partial charge on any atom is -0.348 e. The summed E-state index contributed by atoms with van der Waals surface area (Å²) >= 11 is 0. The zero-order chi connectivity index (χ0) is 23.9. The van der Waals surface area contributed by atoms with Crippen molar-refractivity contribution in [1.82, 2.24) is 15.3 Å². The van der Waals surface area contributed by atoms with Crippen LogP contribution >= 0.6 is 0 Å². The first-order valence-corrected chi connectivity index (χ1v) is 10.6. The zero-order valence-corrected chi connectivity index (χ0v) is 18.4. The molecule has 1 heterocycles. The Bertz CT molecular complexity index is 1310. The van der Waals surface area contributed by atoms with E-state index in [2.05, 4.69) is 25.9 Å². The van der Waals surface area contributed by atoms with Crippen molar-refractivity contribution in [3.05, 3.63) is 102 Å². The van der Waals surface area contributed by atoms with Crippen LogP contribution in [0.4, 0.5) is 21.7 Å². The minimum absolute atomic E-state index is 0.132. The summed E-state index contributed by atoms with van der Waals surface area (Å²) in [4.78, 5) is 32.6. The SMILES string of the molecule is CC(=O)Nc1ccc(-c2ccnc(Nc3cccc(C(=O)NCc4ccc(F)cc4)c3)n2)cc1. The van der Waals surface area contributed by atoms with E-state index in [1.807, 2.05) is 18.2 Å². The molecule has 2 amide bonds. The van der Waals surface area contributed by atoms with Crippen LogP contribution in [0.15, 0.2) is 85.1 Å². The standard InChI is InChI=1S/C26H22FN5O2/c1-17(33)30-22-11-7-19(8-12-22)24-13-14-28-26(32-24)31-23-4-2-3-20(15-23)25(34)29-16-18-5-9-21(27)10-6-18/h2-15H,16H2,1H3,(H,29,34)(H,30,33)(H,28,31,32). The number of benzene rings is 3. The molecule has 4 rings (SSSR count). The van der Waals surface area contributed by atoms with E-state index in [0.29, 0.717) is 35.1 Å². The first-order chi connectivity index (χ1) is 16.5. The second-order valence-corrected chi connectivity index (χ2v) is 7.54. The number of hydrogen-bond donors (Lipinski definition) is 3. The lowest BCUT2D eigenvalue weighted by Gasteiger charge is -2.10. The summed E-state index contributed by atoms with van der Waals surface area (Å²) in [6.07, 6.45) is 1.64. The van der Waals surface area contributed by atoms with Gasteiger partial charge in [0.25, 0.3) is 5.91 Å². The fourth-order valence-corrected chi connectivity index (χ4v) is 3.26. The number of carbonyl (C=O) groups excluding carboxylic acids is 2. The molecule has 0 saturated carbocycles. The highest BCUT2D eigenvalue weighted by Gasteiger charge is 2.08. The number of hydrogen-bond acceptors (Lipinski definition) is 5. The van der Waals surface area contributed by atoms with Crippen LogP contribution < -0.4 is 16.0 Å². The number of nitrogens with zero attached hydrogens (tertiary/aromatic N) is 2. The van der Waals surface area contributed by atoms with Crippen LogP contribution in [0, 0.1) is 5.82 Å². The van der Waals surface area contributed by atoms with E-state index in [1.54, 1.807) is 54.7 Å². The van der Waals surface area contributed by atoms with E-state index < -0.39 is 0 Å². The van der Waals surface area contributed by atoms with Crippen LogP contribution in [-0.2, 0) is 11.3 Å². The van der Waals surface area contributed by atoms with Crippen LogP contribution in [0.3, 0.4) is 0 Å². The van der Waals surface area contributed by atoms with Crippen molar-refractivity contribution in [2.45, 2.75) is 13.5 Å². The van der Waals surface area contributed by atoms with Gasteiger partial charge in [-0.15, -0.1) is 0 Å². The van der Waals surface area contributed by atoms with E-state index in [4.69, 9.17) is 0 Å². The van der Waals surface area contributed by atoms with Crippen molar-refractivity contribution in [2.75, 3.05) is 10.6 Å². The second kappa shape index (κ2) is 10.4. The van der Waals surface area contributed by atoms with Gasteiger partial charge in [-0.2, -0.15) is 0 Å². The van der Waals surface area contributed by atoms with Crippen molar-refractivity contribution in [3.63, 3.8) is 0 Å². The van der Waals surface area contributed by atoms with E-state index in [0.717, 1.165) is 11.1 Å².